The number of thiophene rings is 1. The van der Waals surface area contributed by atoms with E-state index in [1.807, 2.05) is 52.0 Å². The number of esters is 1. The molecule has 1 aromatic carbocycles. The van der Waals surface area contributed by atoms with Gasteiger partial charge in [-0.1, -0.05) is 19.1 Å². The van der Waals surface area contributed by atoms with E-state index in [1.54, 1.807) is 0 Å². The van der Waals surface area contributed by atoms with Crippen LogP contribution >= 0.6 is 11.3 Å². The Labute approximate surface area is 140 Å². The fourth-order valence-corrected chi connectivity index (χ4v) is 3.25. The summed E-state index contributed by atoms with van der Waals surface area (Å²) in [6.07, 6.45) is 0.878. The molecule has 2 rings (SSSR count). The number of carbonyl (C=O) groups is 2. The fourth-order valence-electron chi connectivity index (χ4n) is 2.25. The number of hydrogen-bond donors (Lipinski definition) is 1. The van der Waals surface area contributed by atoms with E-state index in [4.69, 9.17) is 4.74 Å². The van der Waals surface area contributed by atoms with Gasteiger partial charge in [0.2, 0.25) is 0 Å². The summed E-state index contributed by atoms with van der Waals surface area (Å²) in [5, 5.41) is 2.77. The predicted octanol–water partition coefficient (Wildman–Crippen LogP) is 4.03. The fraction of sp³-hybridized carbons (Fsp3) is 0.333. The number of ether oxygens (including phenoxy) is 1. The van der Waals surface area contributed by atoms with Crippen LogP contribution in [0.5, 0.6) is 0 Å². The minimum Gasteiger partial charge on any atom is -0.451 e. The Kier molecular flexibility index (Phi) is 5.55. The molecule has 0 spiro atoms. The van der Waals surface area contributed by atoms with Gasteiger partial charge >= 0.3 is 5.97 Å². The highest BCUT2D eigenvalue weighted by atomic mass is 32.1. The van der Waals surface area contributed by atoms with Gasteiger partial charge in [0.1, 0.15) is 4.88 Å². The summed E-state index contributed by atoms with van der Waals surface area (Å²) in [7, 11) is 0. The SMILES string of the molecule is CCc1cc(C(=O)OCC(=O)Nc2cccc(C)c2C)sc1C. The van der Waals surface area contributed by atoms with E-state index in [2.05, 4.69) is 5.32 Å². The maximum Gasteiger partial charge on any atom is 0.348 e. The molecule has 0 aliphatic heterocycles. The number of hydrogen-bond acceptors (Lipinski definition) is 4. The van der Waals surface area contributed by atoms with Gasteiger partial charge in [-0.15, -0.1) is 11.3 Å². The summed E-state index contributed by atoms with van der Waals surface area (Å²) in [5.74, 6) is -0.787. The van der Waals surface area contributed by atoms with Crippen LogP contribution in [0.3, 0.4) is 0 Å². The molecule has 0 atom stereocenters. The van der Waals surface area contributed by atoms with Crippen molar-refractivity contribution in [3.63, 3.8) is 0 Å². The highest BCUT2D eigenvalue weighted by Gasteiger charge is 2.15. The second kappa shape index (κ2) is 7.42. The first-order valence-corrected chi connectivity index (χ1v) is 8.36. The number of carbonyl (C=O) groups excluding carboxylic acids is 2. The molecule has 23 heavy (non-hydrogen) atoms. The van der Waals surface area contributed by atoms with Crippen LogP contribution in [0, 0.1) is 20.8 Å². The summed E-state index contributed by atoms with van der Waals surface area (Å²) in [6.45, 7) is 7.66. The van der Waals surface area contributed by atoms with E-state index in [-0.39, 0.29) is 12.5 Å². The van der Waals surface area contributed by atoms with Crippen molar-refractivity contribution in [3.8, 4) is 0 Å². The average molecular weight is 331 g/mol. The van der Waals surface area contributed by atoms with Crippen molar-refractivity contribution in [1.82, 2.24) is 0 Å². The summed E-state index contributed by atoms with van der Waals surface area (Å²) in [4.78, 5) is 25.6. The quantitative estimate of drug-likeness (QED) is 0.842. The zero-order chi connectivity index (χ0) is 17.0. The van der Waals surface area contributed by atoms with Crippen molar-refractivity contribution in [1.29, 1.82) is 0 Å². The average Bonchev–Trinajstić information content (AvgIpc) is 2.90. The molecule has 0 aliphatic rings. The maximum atomic E-state index is 12.0. The van der Waals surface area contributed by atoms with Gasteiger partial charge in [0.05, 0.1) is 0 Å². The van der Waals surface area contributed by atoms with Crippen LogP contribution in [0.15, 0.2) is 24.3 Å². The predicted molar refractivity (Wildman–Crippen MR) is 93.3 cm³/mol. The van der Waals surface area contributed by atoms with Crippen LogP contribution in [-0.2, 0) is 16.0 Å². The minimum atomic E-state index is -0.450. The van der Waals surface area contributed by atoms with E-state index >= 15 is 0 Å². The molecule has 0 bridgehead atoms. The first-order chi connectivity index (χ1) is 10.9. The zero-order valence-electron chi connectivity index (χ0n) is 13.9. The summed E-state index contributed by atoms with van der Waals surface area (Å²) in [5.41, 5.74) is 3.99. The third kappa shape index (κ3) is 4.20. The molecular formula is C18H21NO3S. The van der Waals surface area contributed by atoms with Crippen LogP contribution < -0.4 is 5.32 Å². The first-order valence-electron chi connectivity index (χ1n) is 7.54. The topological polar surface area (TPSA) is 55.4 Å². The van der Waals surface area contributed by atoms with Crippen molar-refractivity contribution in [2.75, 3.05) is 11.9 Å². The van der Waals surface area contributed by atoms with Crippen LogP contribution in [0.2, 0.25) is 0 Å². The van der Waals surface area contributed by atoms with Crippen LogP contribution in [0.1, 0.15) is 38.2 Å². The van der Waals surface area contributed by atoms with Crippen LogP contribution in [0.4, 0.5) is 5.69 Å². The molecule has 0 aliphatic carbocycles. The van der Waals surface area contributed by atoms with Gasteiger partial charge in [-0.25, -0.2) is 4.79 Å². The van der Waals surface area contributed by atoms with Gasteiger partial charge in [0, 0.05) is 10.6 Å². The number of amides is 1. The zero-order valence-corrected chi connectivity index (χ0v) is 14.7. The molecule has 0 unspecified atom stereocenters. The van der Waals surface area contributed by atoms with Crippen molar-refractivity contribution in [2.24, 2.45) is 0 Å². The molecule has 0 saturated carbocycles. The Morgan fingerprint density at radius 3 is 2.61 bits per heavy atom. The smallest absolute Gasteiger partial charge is 0.348 e. The van der Waals surface area contributed by atoms with E-state index in [9.17, 15) is 9.59 Å². The van der Waals surface area contributed by atoms with E-state index < -0.39 is 5.97 Å². The van der Waals surface area contributed by atoms with E-state index in [1.165, 1.54) is 11.3 Å². The van der Waals surface area contributed by atoms with Gasteiger partial charge in [0.25, 0.3) is 5.91 Å². The second-order valence-electron chi connectivity index (χ2n) is 5.42. The molecule has 1 aromatic heterocycles. The second-order valence-corrected chi connectivity index (χ2v) is 6.67. The van der Waals surface area contributed by atoms with Crippen molar-refractivity contribution < 1.29 is 14.3 Å². The monoisotopic (exact) mass is 331 g/mol. The Balaban J connectivity index is 1.93. The Morgan fingerprint density at radius 1 is 1.22 bits per heavy atom. The summed E-state index contributed by atoms with van der Waals surface area (Å²) < 4.78 is 5.10. The lowest BCUT2D eigenvalue weighted by Gasteiger charge is -2.10. The molecule has 0 fully saturated rings. The van der Waals surface area contributed by atoms with Crippen molar-refractivity contribution in [2.45, 2.75) is 34.1 Å². The van der Waals surface area contributed by atoms with E-state index in [0.717, 1.165) is 33.7 Å². The molecule has 1 N–H and O–H groups in total. The Hall–Kier alpha value is -2.14. The third-order valence-corrected chi connectivity index (χ3v) is 4.89. The molecule has 5 heteroatoms. The van der Waals surface area contributed by atoms with Gasteiger partial charge in [0.15, 0.2) is 6.61 Å². The van der Waals surface area contributed by atoms with Gasteiger partial charge in [-0.2, -0.15) is 0 Å². The van der Waals surface area contributed by atoms with Crippen LogP contribution in [-0.4, -0.2) is 18.5 Å². The van der Waals surface area contributed by atoms with Gasteiger partial charge in [-0.3, -0.25) is 4.79 Å². The number of benzene rings is 1. The standard InChI is InChI=1S/C18H21NO3S/c1-5-14-9-16(23-13(14)4)18(21)22-10-17(20)19-15-8-6-7-11(2)12(15)3/h6-9H,5,10H2,1-4H3,(H,19,20). The number of nitrogens with one attached hydrogen (secondary N) is 1. The number of rotatable bonds is 5. The molecule has 122 valence electrons. The lowest BCUT2D eigenvalue weighted by molar-refractivity contribution is -0.119. The molecule has 1 heterocycles. The van der Waals surface area contributed by atoms with Crippen molar-refractivity contribution in [3.05, 3.63) is 50.7 Å². The van der Waals surface area contributed by atoms with Crippen LogP contribution in [0.25, 0.3) is 0 Å². The molecule has 2 aromatic rings. The molecular weight excluding hydrogens is 310 g/mol. The highest BCUT2D eigenvalue weighted by Crippen LogP contribution is 2.23. The molecule has 0 radical (unpaired) electrons. The lowest BCUT2D eigenvalue weighted by Crippen LogP contribution is -2.21. The Bertz CT molecular complexity index is 734. The summed E-state index contributed by atoms with van der Waals surface area (Å²) >= 11 is 1.40. The summed E-state index contributed by atoms with van der Waals surface area (Å²) in [6, 6.07) is 7.53. The minimum absolute atomic E-state index is 0.287. The molecule has 4 nitrogen and oxygen atoms in total. The van der Waals surface area contributed by atoms with E-state index in [0.29, 0.717) is 4.88 Å². The number of anilines is 1. The highest BCUT2D eigenvalue weighted by molar-refractivity contribution is 7.14. The Morgan fingerprint density at radius 2 is 1.96 bits per heavy atom. The molecule has 0 saturated heterocycles. The van der Waals surface area contributed by atoms with Gasteiger partial charge < -0.3 is 10.1 Å². The van der Waals surface area contributed by atoms with Crippen molar-refractivity contribution >= 4 is 28.9 Å². The molecule has 1 amide bonds. The van der Waals surface area contributed by atoms with Gasteiger partial charge in [-0.05, 0) is 56.0 Å². The third-order valence-electron chi connectivity index (χ3n) is 3.82. The first kappa shape index (κ1) is 17.2. The lowest BCUT2D eigenvalue weighted by atomic mass is 10.1. The normalized spacial score (nSPS) is 10.4. The maximum absolute atomic E-state index is 12.0. The largest absolute Gasteiger partial charge is 0.451 e. The number of aryl methyl sites for hydroxylation is 3.